The predicted molar refractivity (Wildman–Crippen MR) is 79.6 cm³/mol. The van der Waals surface area contributed by atoms with E-state index in [2.05, 4.69) is 15.9 Å². The van der Waals surface area contributed by atoms with Crippen LogP contribution in [0.15, 0.2) is 40.9 Å². The summed E-state index contributed by atoms with van der Waals surface area (Å²) >= 11 is 3.28. The lowest BCUT2D eigenvalue weighted by Crippen LogP contribution is -2.16. The molecule has 0 bridgehead atoms. The number of hydrogen-bond acceptors (Lipinski definition) is 3. The maximum atomic E-state index is 13.7. The zero-order chi connectivity index (χ0) is 14.8. The summed E-state index contributed by atoms with van der Waals surface area (Å²) in [5.74, 6) is 0.640. The highest BCUT2D eigenvalue weighted by Crippen LogP contribution is 2.31. The van der Waals surface area contributed by atoms with E-state index in [4.69, 9.17) is 9.47 Å². The summed E-state index contributed by atoms with van der Waals surface area (Å²) in [6.45, 7) is 0.967. The Kier molecular flexibility index (Phi) is 3.92. The molecule has 0 radical (unpaired) electrons. The summed E-state index contributed by atoms with van der Waals surface area (Å²) in [5.41, 5.74) is 0.850. The van der Waals surface area contributed by atoms with Gasteiger partial charge in [-0.25, -0.2) is 4.39 Å². The van der Waals surface area contributed by atoms with Gasteiger partial charge in [-0.15, -0.1) is 0 Å². The minimum Gasteiger partial charge on any atom is -0.486 e. The molecule has 0 saturated heterocycles. The molecule has 3 nitrogen and oxygen atoms in total. The van der Waals surface area contributed by atoms with Crippen molar-refractivity contribution in [3.63, 3.8) is 0 Å². The van der Waals surface area contributed by atoms with Crippen LogP contribution in [0.2, 0.25) is 0 Å². The van der Waals surface area contributed by atoms with Crippen molar-refractivity contribution in [3.05, 3.63) is 57.8 Å². The molecule has 0 amide bonds. The van der Waals surface area contributed by atoms with Crippen LogP contribution in [0, 0.1) is 5.82 Å². The zero-order valence-electron chi connectivity index (χ0n) is 11.1. The second-order valence-electron chi connectivity index (χ2n) is 4.69. The van der Waals surface area contributed by atoms with Gasteiger partial charge in [-0.3, -0.25) is 4.79 Å². The normalized spacial score (nSPS) is 13.0. The highest BCUT2D eigenvalue weighted by molar-refractivity contribution is 9.10. The van der Waals surface area contributed by atoms with Crippen LogP contribution in [0.3, 0.4) is 0 Å². The van der Waals surface area contributed by atoms with Gasteiger partial charge in [0, 0.05) is 16.5 Å². The lowest BCUT2D eigenvalue weighted by molar-refractivity contribution is 0.0990. The third-order valence-electron chi connectivity index (χ3n) is 3.22. The third-order valence-corrected chi connectivity index (χ3v) is 3.72. The Hall–Kier alpha value is -1.88. The van der Waals surface area contributed by atoms with E-state index in [9.17, 15) is 9.18 Å². The summed E-state index contributed by atoms with van der Waals surface area (Å²) in [6, 6.07) is 9.59. The standard InChI is InChI=1S/C16H12BrFO3/c17-12-2-3-13(18)11(7-12)8-14(19)10-1-4-15-16(9-10)21-6-5-20-15/h1-4,7,9H,5-6,8H2. The fourth-order valence-electron chi connectivity index (χ4n) is 2.17. The molecule has 0 spiro atoms. The van der Waals surface area contributed by atoms with Gasteiger partial charge in [0.1, 0.15) is 19.0 Å². The van der Waals surface area contributed by atoms with Crippen molar-refractivity contribution >= 4 is 21.7 Å². The Labute approximate surface area is 129 Å². The van der Waals surface area contributed by atoms with Crippen LogP contribution in [-0.4, -0.2) is 19.0 Å². The average Bonchev–Trinajstić information content (AvgIpc) is 2.50. The van der Waals surface area contributed by atoms with Gasteiger partial charge in [0.2, 0.25) is 0 Å². The van der Waals surface area contributed by atoms with Crippen LogP contribution in [0.5, 0.6) is 11.5 Å². The molecule has 21 heavy (non-hydrogen) atoms. The number of hydrogen-bond donors (Lipinski definition) is 0. The number of rotatable bonds is 3. The van der Waals surface area contributed by atoms with E-state index in [0.29, 0.717) is 35.8 Å². The van der Waals surface area contributed by atoms with Crippen LogP contribution < -0.4 is 9.47 Å². The molecule has 1 aliphatic rings. The number of carbonyl (C=O) groups excluding carboxylic acids is 1. The van der Waals surface area contributed by atoms with Gasteiger partial charge in [0.15, 0.2) is 17.3 Å². The second kappa shape index (κ2) is 5.85. The lowest BCUT2D eigenvalue weighted by Gasteiger charge is -2.18. The molecule has 1 heterocycles. The number of fused-ring (bicyclic) bond motifs is 1. The quantitative estimate of drug-likeness (QED) is 0.790. The van der Waals surface area contributed by atoms with Crippen molar-refractivity contribution in [2.75, 3.05) is 13.2 Å². The van der Waals surface area contributed by atoms with Gasteiger partial charge in [-0.05, 0) is 42.0 Å². The molecule has 0 fully saturated rings. The van der Waals surface area contributed by atoms with Gasteiger partial charge < -0.3 is 9.47 Å². The lowest BCUT2D eigenvalue weighted by atomic mass is 10.0. The van der Waals surface area contributed by atoms with Gasteiger partial charge >= 0.3 is 0 Å². The number of ketones is 1. The maximum Gasteiger partial charge on any atom is 0.167 e. The number of benzene rings is 2. The molecule has 0 unspecified atom stereocenters. The first-order chi connectivity index (χ1) is 10.1. The SMILES string of the molecule is O=C(Cc1cc(Br)ccc1F)c1ccc2c(c1)OCCO2. The molecule has 0 aromatic heterocycles. The minimum atomic E-state index is -0.385. The average molecular weight is 351 g/mol. The van der Waals surface area contributed by atoms with Crippen molar-refractivity contribution in [2.45, 2.75) is 6.42 Å². The van der Waals surface area contributed by atoms with E-state index in [0.717, 1.165) is 4.47 Å². The van der Waals surface area contributed by atoms with E-state index in [-0.39, 0.29) is 18.0 Å². The molecular weight excluding hydrogens is 339 g/mol. The van der Waals surface area contributed by atoms with Gasteiger partial charge in [-0.2, -0.15) is 0 Å². The molecule has 2 aromatic rings. The van der Waals surface area contributed by atoms with Crippen LogP contribution in [0.25, 0.3) is 0 Å². The number of Topliss-reactive ketones (excluding diaryl/α,β-unsaturated/α-hetero) is 1. The fraction of sp³-hybridized carbons (Fsp3) is 0.188. The molecule has 108 valence electrons. The van der Waals surface area contributed by atoms with Gasteiger partial charge in [0.05, 0.1) is 0 Å². The summed E-state index contributed by atoms with van der Waals surface area (Å²) in [5, 5.41) is 0. The number of halogens is 2. The predicted octanol–water partition coefficient (Wildman–Crippen LogP) is 3.78. The molecule has 5 heteroatoms. The van der Waals surface area contributed by atoms with E-state index < -0.39 is 0 Å². The third kappa shape index (κ3) is 3.08. The first-order valence-corrected chi connectivity index (χ1v) is 7.29. The molecule has 0 aliphatic carbocycles. The second-order valence-corrected chi connectivity index (χ2v) is 5.61. The molecule has 3 rings (SSSR count). The molecule has 0 atom stereocenters. The van der Waals surface area contributed by atoms with Gasteiger partial charge in [0.25, 0.3) is 0 Å². The van der Waals surface area contributed by atoms with E-state index in [1.165, 1.54) is 6.07 Å². The Morgan fingerprint density at radius 3 is 2.67 bits per heavy atom. The van der Waals surface area contributed by atoms with Crippen LogP contribution in [-0.2, 0) is 6.42 Å². The molecule has 0 saturated carbocycles. The Morgan fingerprint density at radius 1 is 1.10 bits per heavy atom. The van der Waals surface area contributed by atoms with Gasteiger partial charge in [-0.1, -0.05) is 15.9 Å². The zero-order valence-corrected chi connectivity index (χ0v) is 12.7. The van der Waals surface area contributed by atoms with Crippen molar-refractivity contribution in [3.8, 4) is 11.5 Å². The topological polar surface area (TPSA) is 35.5 Å². The number of carbonyl (C=O) groups is 1. The summed E-state index contributed by atoms with van der Waals surface area (Å²) < 4.78 is 25.3. The molecular formula is C16H12BrFO3. The fourth-order valence-corrected chi connectivity index (χ4v) is 2.58. The van der Waals surface area contributed by atoms with Crippen molar-refractivity contribution < 1.29 is 18.7 Å². The summed E-state index contributed by atoms with van der Waals surface area (Å²) in [7, 11) is 0. The van der Waals surface area contributed by atoms with Crippen molar-refractivity contribution in [1.82, 2.24) is 0 Å². The van der Waals surface area contributed by atoms with E-state index in [1.807, 2.05) is 0 Å². The smallest absolute Gasteiger partial charge is 0.167 e. The molecule has 0 N–H and O–H groups in total. The van der Waals surface area contributed by atoms with Crippen LogP contribution >= 0.6 is 15.9 Å². The molecule has 2 aromatic carbocycles. The van der Waals surface area contributed by atoms with Crippen LogP contribution in [0.4, 0.5) is 4.39 Å². The number of ether oxygens (including phenoxy) is 2. The summed E-state index contributed by atoms with van der Waals surface area (Å²) in [4.78, 5) is 12.3. The van der Waals surface area contributed by atoms with E-state index >= 15 is 0 Å². The van der Waals surface area contributed by atoms with Crippen molar-refractivity contribution in [2.24, 2.45) is 0 Å². The Balaban J connectivity index is 1.83. The summed E-state index contributed by atoms with van der Waals surface area (Å²) in [6.07, 6.45) is 0.00488. The Bertz CT molecular complexity index is 700. The minimum absolute atomic E-state index is 0.00488. The first kappa shape index (κ1) is 14.1. The largest absolute Gasteiger partial charge is 0.486 e. The van der Waals surface area contributed by atoms with Crippen molar-refractivity contribution in [1.29, 1.82) is 0 Å². The Morgan fingerprint density at radius 2 is 1.86 bits per heavy atom. The molecule has 1 aliphatic heterocycles. The maximum absolute atomic E-state index is 13.7. The monoisotopic (exact) mass is 350 g/mol. The first-order valence-electron chi connectivity index (χ1n) is 6.50. The highest BCUT2D eigenvalue weighted by atomic mass is 79.9. The van der Waals surface area contributed by atoms with Crippen LogP contribution in [0.1, 0.15) is 15.9 Å². The highest BCUT2D eigenvalue weighted by Gasteiger charge is 2.16. The van der Waals surface area contributed by atoms with E-state index in [1.54, 1.807) is 30.3 Å².